The van der Waals surface area contributed by atoms with Gasteiger partial charge in [-0.2, -0.15) is 30.0 Å². The van der Waals surface area contributed by atoms with Gasteiger partial charge >= 0.3 is 5.97 Å². The summed E-state index contributed by atoms with van der Waals surface area (Å²) in [6.07, 6.45) is 11.6. The van der Waals surface area contributed by atoms with E-state index in [0.29, 0.717) is 47.1 Å². The molecule has 0 spiro atoms. The van der Waals surface area contributed by atoms with Crippen LogP contribution in [0.1, 0.15) is 47.4 Å². The number of carbonyl (C=O) groups excluding carboxylic acids is 1. The number of benzene rings is 2. The predicted octanol–water partition coefficient (Wildman–Crippen LogP) is 4.60. The van der Waals surface area contributed by atoms with Gasteiger partial charge in [-0.3, -0.25) is 4.79 Å². The molecule has 2 aromatic carbocycles. The molecule has 8 rings (SSSR count). The molecule has 2 aliphatic rings. The molecule has 1 amide bonds. The number of rotatable bonds is 10. The summed E-state index contributed by atoms with van der Waals surface area (Å²) in [5.74, 6) is 2.00. The first-order valence-electron chi connectivity index (χ1n) is 18.5. The van der Waals surface area contributed by atoms with Crippen molar-refractivity contribution in [3.8, 4) is 22.9 Å². The van der Waals surface area contributed by atoms with Gasteiger partial charge in [-0.1, -0.05) is 24.3 Å². The molecular weight excluding hydrogens is 729 g/mol. The molecular formula is C40H46N12O5. The molecule has 0 saturated carbocycles. The molecule has 4 atom stereocenters. The number of carbonyl (C=O) groups is 2. The lowest BCUT2D eigenvalue weighted by molar-refractivity contribution is 0.0694. The number of pyridine rings is 2. The number of para-hydroxylation sites is 2. The lowest BCUT2D eigenvalue weighted by Gasteiger charge is -2.22. The van der Waals surface area contributed by atoms with Gasteiger partial charge in [0.1, 0.15) is 5.69 Å². The highest BCUT2D eigenvalue weighted by Crippen LogP contribution is 2.28. The van der Waals surface area contributed by atoms with Crippen molar-refractivity contribution in [3.63, 3.8) is 0 Å². The Labute approximate surface area is 330 Å². The van der Waals surface area contributed by atoms with Crippen LogP contribution in [0, 0.1) is 0 Å². The molecule has 57 heavy (non-hydrogen) atoms. The van der Waals surface area contributed by atoms with E-state index < -0.39 is 5.97 Å². The molecule has 6 aromatic rings. The molecule has 2 saturated heterocycles. The van der Waals surface area contributed by atoms with Crippen molar-refractivity contribution in [1.82, 2.24) is 50.2 Å². The van der Waals surface area contributed by atoms with Crippen LogP contribution in [0.25, 0.3) is 11.4 Å². The van der Waals surface area contributed by atoms with E-state index in [1.807, 2.05) is 53.4 Å². The second-order valence-corrected chi connectivity index (χ2v) is 13.4. The van der Waals surface area contributed by atoms with Gasteiger partial charge in [-0.05, 0) is 75.2 Å². The minimum Gasteiger partial charge on any atom is -0.493 e. The summed E-state index contributed by atoms with van der Waals surface area (Å²) in [6, 6.07) is 22.7. The van der Waals surface area contributed by atoms with E-state index in [-0.39, 0.29) is 23.6 Å². The Bertz CT molecular complexity index is 2200. The second-order valence-electron chi connectivity index (χ2n) is 13.4. The molecule has 4 N–H and O–H groups in total. The topological polar surface area (TPSA) is 199 Å². The van der Waals surface area contributed by atoms with Crippen molar-refractivity contribution < 1.29 is 24.2 Å². The Morgan fingerprint density at radius 3 is 1.70 bits per heavy atom. The normalized spacial score (nSPS) is 18.4. The predicted molar refractivity (Wildman–Crippen MR) is 213 cm³/mol. The number of hydrogen-bond donors (Lipinski definition) is 4. The zero-order valence-electron chi connectivity index (χ0n) is 32.1. The number of anilines is 2. The average molecular weight is 775 g/mol. The van der Waals surface area contributed by atoms with Crippen LogP contribution in [-0.2, 0) is 0 Å². The minimum absolute atomic E-state index is 0.0299. The lowest BCUT2D eigenvalue weighted by atomic mass is 10.1. The Balaban J connectivity index is 0.000000159. The molecule has 2 aliphatic heterocycles. The summed E-state index contributed by atoms with van der Waals surface area (Å²) < 4.78 is 10.6. The summed E-state index contributed by atoms with van der Waals surface area (Å²) in [5.41, 5.74) is 1.91. The summed E-state index contributed by atoms with van der Waals surface area (Å²) in [6.45, 7) is 5.82. The third kappa shape index (κ3) is 10.1. The van der Waals surface area contributed by atoms with E-state index in [1.54, 1.807) is 57.2 Å². The van der Waals surface area contributed by atoms with E-state index in [0.717, 1.165) is 31.0 Å². The van der Waals surface area contributed by atoms with E-state index >= 15 is 0 Å². The molecule has 0 radical (unpaired) electrons. The second kappa shape index (κ2) is 19.1. The van der Waals surface area contributed by atoms with Crippen LogP contribution >= 0.6 is 0 Å². The SMILES string of the molecule is COc1cccnc1N[C@@H]1C[C@@H](C)N(C(=O)c2ccccc2-n2nccn2)C1.COc1cccnc1N[C@H]1CN[C@H](C)C1.O=C(O)c1ccccc1-n1nccn1. The first-order chi connectivity index (χ1) is 27.7. The van der Waals surface area contributed by atoms with Crippen molar-refractivity contribution in [2.24, 2.45) is 0 Å². The maximum absolute atomic E-state index is 13.3. The number of nitrogens with one attached hydrogen (secondary N) is 3. The van der Waals surface area contributed by atoms with Crippen LogP contribution in [0.15, 0.2) is 110 Å². The molecule has 296 valence electrons. The highest BCUT2D eigenvalue weighted by Gasteiger charge is 2.34. The van der Waals surface area contributed by atoms with Crippen LogP contribution in [0.4, 0.5) is 11.6 Å². The van der Waals surface area contributed by atoms with Crippen LogP contribution in [0.3, 0.4) is 0 Å². The van der Waals surface area contributed by atoms with Crippen molar-refractivity contribution in [1.29, 1.82) is 0 Å². The van der Waals surface area contributed by atoms with E-state index in [2.05, 4.69) is 60.2 Å². The molecule has 17 nitrogen and oxygen atoms in total. The Hall–Kier alpha value is -6.88. The van der Waals surface area contributed by atoms with Crippen LogP contribution < -0.4 is 25.4 Å². The summed E-state index contributed by atoms with van der Waals surface area (Å²) >= 11 is 0. The van der Waals surface area contributed by atoms with Gasteiger partial charge in [-0.15, -0.1) is 0 Å². The third-order valence-corrected chi connectivity index (χ3v) is 9.39. The fraction of sp³-hybridized carbons (Fsp3) is 0.300. The number of aromatic carboxylic acids is 1. The van der Waals surface area contributed by atoms with Crippen LogP contribution in [-0.4, -0.2) is 113 Å². The quantitative estimate of drug-likeness (QED) is 0.151. The molecule has 6 heterocycles. The van der Waals surface area contributed by atoms with E-state index in [4.69, 9.17) is 14.6 Å². The molecule has 2 fully saturated rings. The van der Waals surface area contributed by atoms with Gasteiger partial charge < -0.3 is 35.4 Å². The monoisotopic (exact) mass is 774 g/mol. The standard InChI is InChI=1S/C20H22N6O2.C11H17N3O.C9H7N3O2/c1-14-12-15(24-19-18(28-2)8-5-9-21-19)13-25(14)20(27)16-6-3-4-7-17(16)26-22-10-11-23-26;1-8-6-9(7-13-8)14-11-10(15-2)4-3-5-12-11;13-9(14)7-3-1-2-4-8(7)12-10-5-6-11-12/h3-11,14-15H,12-13H2,1-2H3,(H,21,24);3-5,8-9,13H,6-7H2,1-2H3,(H,12,14);1-6H,(H,13,14)/t14-,15-;8-,9-;/m11./s1. The van der Waals surface area contributed by atoms with Gasteiger partial charge in [0.15, 0.2) is 23.1 Å². The molecule has 0 aliphatic carbocycles. The number of carboxylic acid groups (broad SMARTS) is 1. The summed E-state index contributed by atoms with van der Waals surface area (Å²) in [4.78, 5) is 37.4. The van der Waals surface area contributed by atoms with Gasteiger partial charge in [0.25, 0.3) is 5.91 Å². The number of methoxy groups -OCH3 is 2. The zero-order valence-corrected chi connectivity index (χ0v) is 32.1. The largest absolute Gasteiger partial charge is 0.493 e. The molecule has 0 bridgehead atoms. The lowest BCUT2D eigenvalue weighted by Crippen LogP contribution is -2.36. The number of hydrogen-bond acceptors (Lipinski definition) is 13. The highest BCUT2D eigenvalue weighted by molar-refractivity contribution is 5.98. The van der Waals surface area contributed by atoms with Gasteiger partial charge in [0, 0.05) is 49.7 Å². The first-order valence-corrected chi connectivity index (χ1v) is 18.5. The number of amides is 1. The molecule has 17 heteroatoms. The van der Waals surface area contributed by atoms with Gasteiger partial charge in [0.05, 0.1) is 55.8 Å². The molecule has 4 aromatic heterocycles. The number of aromatic nitrogens is 8. The Morgan fingerprint density at radius 2 is 1.19 bits per heavy atom. The Morgan fingerprint density at radius 1 is 0.684 bits per heavy atom. The van der Waals surface area contributed by atoms with Gasteiger partial charge in [-0.25, -0.2) is 14.8 Å². The number of ether oxygens (including phenoxy) is 2. The van der Waals surface area contributed by atoms with Crippen LogP contribution in [0.5, 0.6) is 11.5 Å². The Kier molecular flexibility index (Phi) is 13.4. The van der Waals surface area contributed by atoms with Gasteiger partial charge in [0.2, 0.25) is 0 Å². The molecule has 0 unspecified atom stereocenters. The smallest absolute Gasteiger partial charge is 0.337 e. The van der Waals surface area contributed by atoms with Crippen molar-refractivity contribution >= 4 is 23.5 Å². The zero-order chi connectivity index (χ0) is 40.1. The first kappa shape index (κ1) is 39.8. The van der Waals surface area contributed by atoms with Crippen molar-refractivity contribution in [2.45, 2.75) is 50.9 Å². The number of nitrogens with zero attached hydrogens (tertiary/aromatic N) is 9. The minimum atomic E-state index is -0.988. The van der Waals surface area contributed by atoms with Crippen molar-refractivity contribution in [2.75, 3.05) is 37.9 Å². The van der Waals surface area contributed by atoms with E-state index in [1.165, 1.54) is 28.1 Å². The van der Waals surface area contributed by atoms with Crippen LogP contribution in [0.2, 0.25) is 0 Å². The average Bonchev–Trinajstić information content (AvgIpc) is 4.09. The highest BCUT2D eigenvalue weighted by atomic mass is 16.5. The maximum atomic E-state index is 13.3. The van der Waals surface area contributed by atoms with Crippen molar-refractivity contribution in [3.05, 3.63) is 121 Å². The summed E-state index contributed by atoms with van der Waals surface area (Å²) in [7, 11) is 3.28. The maximum Gasteiger partial charge on any atom is 0.337 e. The number of carboxylic acids is 1. The van der Waals surface area contributed by atoms with E-state index in [9.17, 15) is 9.59 Å². The third-order valence-electron chi connectivity index (χ3n) is 9.39. The fourth-order valence-electron chi connectivity index (χ4n) is 6.67. The summed E-state index contributed by atoms with van der Waals surface area (Å²) in [5, 5.41) is 35.2. The number of likely N-dealkylation sites (tertiary alicyclic amines) is 1. The fourth-order valence-corrected chi connectivity index (χ4v) is 6.67.